The quantitative estimate of drug-likeness (QED) is 0.318. The number of carboxylic acid groups (broad SMARTS) is 1. The van der Waals surface area contributed by atoms with E-state index in [-0.39, 0.29) is 10.7 Å². The Morgan fingerprint density at radius 1 is 1.18 bits per heavy atom. The number of carbonyl (C=O) groups excluding carboxylic acids is 1. The molecule has 0 aliphatic heterocycles. The molecule has 1 amide bonds. The molecule has 6 nitrogen and oxygen atoms in total. The average Bonchev–Trinajstić information content (AvgIpc) is 2.62. The van der Waals surface area contributed by atoms with Crippen LogP contribution in [-0.2, 0) is 0 Å². The second kappa shape index (κ2) is 10.3. The summed E-state index contributed by atoms with van der Waals surface area (Å²) in [6.45, 7) is 4.71. The van der Waals surface area contributed by atoms with Gasteiger partial charge in [0.15, 0.2) is 5.11 Å². The lowest BCUT2D eigenvalue weighted by molar-refractivity contribution is 0.0697. The summed E-state index contributed by atoms with van der Waals surface area (Å²) in [5.74, 6) is -0.382. The standard InChI is InChI=1S/C19H18I2N2O4S/c1-10(2)9-27-13-5-3-11(4-6-13)17(24)23-19(28)22-16-14(18(25)26)7-12(20)8-15(16)21/h3-8,10H,9H2,1-2H3,(H,25,26)(H2,22,23,24,28). The second-order valence-electron chi connectivity index (χ2n) is 6.25. The molecule has 148 valence electrons. The number of hydrogen-bond acceptors (Lipinski definition) is 4. The van der Waals surface area contributed by atoms with Crippen molar-refractivity contribution >= 4 is 80.1 Å². The van der Waals surface area contributed by atoms with E-state index in [4.69, 9.17) is 17.0 Å². The first-order chi connectivity index (χ1) is 13.2. The lowest BCUT2D eigenvalue weighted by atomic mass is 10.2. The molecule has 3 N–H and O–H groups in total. The van der Waals surface area contributed by atoms with Crippen molar-refractivity contribution in [1.82, 2.24) is 5.32 Å². The highest BCUT2D eigenvalue weighted by Crippen LogP contribution is 2.26. The highest BCUT2D eigenvalue weighted by Gasteiger charge is 2.17. The van der Waals surface area contributed by atoms with Crippen LogP contribution in [0, 0.1) is 13.1 Å². The first-order valence-corrected chi connectivity index (χ1v) is 10.8. The number of nitrogens with one attached hydrogen (secondary N) is 2. The van der Waals surface area contributed by atoms with E-state index in [9.17, 15) is 14.7 Å². The van der Waals surface area contributed by atoms with E-state index in [1.165, 1.54) is 6.07 Å². The zero-order valence-corrected chi connectivity index (χ0v) is 20.2. The summed E-state index contributed by atoms with van der Waals surface area (Å²) in [4.78, 5) is 23.9. The molecule has 0 saturated heterocycles. The summed E-state index contributed by atoms with van der Waals surface area (Å²) in [5, 5.41) is 14.8. The maximum atomic E-state index is 12.4. The van der Waals surface area contributed by atoms with Gasteiger partial charge in [-0.15, -0.1) is 0 Å². The Hall–Kier alpha value is -1.47. The SMILES string of the molecule is CC(C)COc1ccc(C(=O)NC(=S)Nc2c(I)cc(I)cc2C(=O)O)cc1. The summed E-state index contributed by atoms with van der Waals surface area (Å²) in [7, 11) is 0. The number of aromatic carboxylic acids is 1. The van der Waals surface area contributed by atoms with Gasteiger partial charge >= 0.3 is 5.97 Å². The van der Waals surface area contributed by atoms with Crippen molar-refractivity contribution in [2.24, 2.45) is 5.92 Å². The molecular weight excluding hydrogens is 606 g/mol. The Kier molecular flexibility index (Phi) is 8.43. The van der Waals surface area contributed by atoms with E-state index in [1.807, 2.05) is 51.2 Å². The molecular formula is C19H18I2N2O4S. The van der Waals surface area contributed by atoms with Crippen molar-refractivity contribution in [1.29, 1.82) is 0 Å². The van der Waals surface area contributed by atoms with E-state index in [1.54, 1.807) is 24.3 Å². The number of carbonyl (C=O) groups is 2. The lowest BCUT2D eigenvalue weighted by Crippen LogP contribution is -2.34. The Labute approximate surface area is 195 Å². The van der Waals surface area contributed by atoms with Gasteiger partial charge in [0, 0.05) is 12.7 Å². The third-order valence-electron chi connectivity index (χ3n) is 3.45. The van der Waals surface area contributed by atoms with Crippen LogP contribution in [0.25, 0.3) is 0 Å². The van der Waals surface area contributed by atoms with Crippen molar-refractivity contribution in [2.45, 2.75) is 13.8 Å². The topological polar surface area (TPSA) is 87.7 Å². The zero-order chi connectivity index (χ0) is 20.8. The fourth-order valence-electron chi connectivity index (χ4n) is 2.15. The van der Waals surface area contributed by atoms with Crippen LogP contribution >= 0.6 is 57.4 Å². The van der Waals surface area contributed by atoms with Gasteiger partial charge in [0.2, 0.25) is 0 Å². The predicted octanol–water partition coefficient (Wildman–Crippen LogP) is 4.76. The van der Waals surface area contributed by atoms with E-state index >= 15 is 0 Å². The van der Waals surface area contributed by atoms with Gasteiger partial charge < -0.3 is 15.2 Å². The van der Waals surface area contributed by atoms with Crippen LogP contribution in [0.3, 0.4) is 0 Å². The minimum Gasteiger partial charge on any atom is -0.493 e. The molecule has 2 rings (SSSR count). The van der Waals surface area contributed by atoms with Crippen molar-refractivity contribution in [3.05, 3.63) is 54.7 Å². The number of ether oxygens (including phenoxy) is 1. The van der Waals surface area contributed by atoms with Gasteiger partial charge in [-0.3, -0.25) is 10.1 Å². The second-order valence-corrected chi connectivity index (χ2v) is 9.07. The first kappa shape index (κ1) is 22.8. The highest BCUT2D eigenvalue weighted by atomic mass is 127. The van der Waals surface area contributed by atoms with Crippen LogP contribution < -0.4 is 15.4 Å². The van der Waals surface area contributed by atoms with E-state index in [2.05, 4.69) is 24.5 Å². The molecule has 2 aromatic carbocycles. The third-order valence-corrected chi connectivity index (χ3v) is 5.13. The number of anilines is 1. The van der Waals surface area contributed by atoms with Crippen LogP contribution in [-0.4, -0.2) is 28.7 Å². The first-order valence-electron chi connectivity index (χ1n) is 8.25. The van der Waals surface area contributed by atoms with Crippen molar-refractivity contribution < 1.29 is 19.4 Å². The summed E-state index contributed by atoms with van der Waals surface area (Å²) >= 11 is 9.25. The molecule has 0 atom stereocenters. The van der Waals surface area contributed by atoms with E-state index in [0.29, 0.717) is 33.1 Å². The fraction of sp³-hybridized carbons (Fsp3) is 0.211. The van der Waals surface area contributed by atoms with Gasteiger partial charge in [-0.2, -0.15) is 0 Å². The van der Waals surface area contributed by atoms with Crippen LogP contribution in [0.15, 0.2) is 36.4 Å². The highest BCUT2D eigenvalue weighted by molar-refractivity contribution is 14.1. The normalized spacial score (nSPS) is 10.5. The van der Waals surface area contributed by atoms with Gasteiger partial charge in [-0.25, -0.2) is 4.79 Å². The maximum Gasteiger partial charge on any atom is 0.337 e. The van der Waals surface area contributed by atoms with Crippen molar-refractivity contribution in [3.8, 4) is 5.75 Å². The summed E-state index contributed by atoms with van der Waals surface area (Å²) in [5.41, 5.74) is 0.840. The number of benzene rings is 2. The van der Waals surface area contributed by atoms with E-state index < -0.39 is 11.9 Å². The fourth-order valence-corrected chi connectivity index (χ4v) is 4.33. The number of rotatable bonds is 6. The smallest absolute Gasteiger partial charge is 0.337 e. The molecule has 0 saturated carbocycles. The van der Waals surface area contributed by atoms with Crippen LogP contribution in [0.1, 0.15) is 34.6 Å². The monoisotopic (exact) mass is 624 g/mol. The number of thiocarbonyl (C=S) groups is 1. The molecule has 0 radical (unpaired) electrons. The van der Waals surface area contributed by atoms with Gasteiger partial charge in [0.05, 0.1) is 17.9 Å². The molecule has 0 aromatic heterocycles. The van der Waals surface area contributed by atoms with Gasteiger partial charge in [-0.05, 0) is 99.7 Å². The molecule has 0 fully saturated rings. The number of carboxylic acids is 1. The largest absolute Gasteiger partial charge is 0.493 e. The van der Waals surface area contributed by atoms with Crippen molar-refractivity contribution in [2.75, 3.05) is 11.9 Å². The van der Waals surface area contributed by atoms with Crippen LogP contribution in [0.4, 0.5) is 5.69 Å². The predicted molar refractivity (Wildman–Crippen MR) is 129 cm³/mol. The van der Waals surface area contributed by atoms with Crippen molar-refractivity contribution in [3.63, 3.8) is 0 Å². The summed E-state index contributed by atoms with van der Waals surface area (Å²) in [6.07, 6.45) is 0. The molecule has 9 heteroatoms. The van der Waals surface area contributed by atoms with Crippen LogP contribution in [0.2, 0.25) is 0 Å². The molecule has 0 aliphatic rings. The molecule has 0 heterocycles. The molecule has 0 bridgehead atoms. The van der Waals surface area contributed by atoms with E-state index in [0.717, 1.165) is 3.57 Å². The Morgan fingerprint density at radius 3 is 2.39 bits per heavy atom. The number of hydrogen-bond donors (Lipinski definition) is 3. The Morgan fingerprint density at radius 2 is 1.82 bits per heavy atom. The molecule has 0 aliphatic carbocycles. The van der Waals surface area contributed by atoms with Gasteiger partial charge in [-0.1, -0.05) is 13.8 Å². The Bertz CT molecular complexity index is 902. The third kappa shape index (κ3) is 6.55. The number of amides is 1. The zero-order valence-electron chi connectivity index (χ0n) is 15.1. The van der Waals surface area contributed by atoms with Crippen LogP contribution in [0.5, 0.6) is 5.75 Å². The minimum atomic E-state index is -1.08. The molecule has 2 aromatic rings. The molecule has 0 spiro atoms. The maximum absolute atomic E-state index is 12.4. The molecule has 0 unspecified atom stereocenters. The Balaban J connectivity index is 2.05. The summed E-state index contributed by atoms with van der Waals surface area (Å²) < 4.78 is 7.07. The minimum absolute atomic E-state index is 0.0201. The van der Waals surface area contributed by atoms with Gasteiger partial charge in [0.25, 0.3) is 5.91 Å². The van der Waals surface area contributed by atoms with Gasteiger partial charge in [0.1, 0.15) is 5.75 Å². The average molecular weight is 624 g/mol. The summed E-state index contributed by atoms with van der Waals surface area (Å²) in [6, 6.07) is 10.1. The lowest BCUT2D eigenvalue weighted by Gasteiger charge is -2.14. The number of halogens is 2. The molecule has 28 heavy (non-hydrogen) atoms.